The van der Waals surface area contributed by atoms with Crippen LogP contribution in [0.1, 0.15) is 18.3 Å². The van der Waals surface area contributed by atoms with E-state index in [0.717, 1.165) is 11.3 Å². The number of rotatable bonds is 9. The van der Waals surface area contributed by atoms with Crippen molar-refractivity contribution in [3.63, 3.8) is 0 Å². The van der Waals surface area contributed by atoms with Crippen molar-refractivity contribution in [1.82, 2.24) is 19.7 Å². The summed E-state index contributed by atoms with van der Waals surface area (Å²) in [7, 11) is 0. The maximum Gasteiger partial charge on any atom is 0.236 e. The largest absolute Gasteiger partial charge is 0.486 e. The lowest BCUT2D eigenvalue weighted by atomic mass is 10.1. The summed E-state index contributed by atoms with van der Waals surface area (Å²) in [6.45, 7) is 4.99. The molecule has 0 aliphatic rings. The van der Waals surface area contributed by atoms with Crippen LogP contribution in [0, 0.1) is 6.92 Å². The number of benzene rings is 2. The summed E-state index contributed by atoms with van der Waals surface area (Å²) in [5.74, 6) is 1.45. The van der Waals surface area contributed by atoms with Gasteiger partial charge >= 0.3 is 0 Å². The van der Waals surface area contributed by atoms with Crippen molar-refractivity contribution in [2.75, 3.05) is 11.1 Å². The van der Waals surface area contributed by atoms with E-state index in [1.165, 1.54) is 28.7 Å². The fourth-order valence-corrected chi connectivity index (χ4v) is 4.69. The first-order valence-corrected chi connectivity index (χ1v) is 12.5. The number of hydrogen-bond donors (Lipinski definition) is 1. The quantitative estimate of drug-likeness (QED) is 0.298. The molecular formula is C23H22ClN5O2S2. The molecule has 0 bridgehead atoms. The zero-order chi connectivity index (χ0) is 23.2. The molecule has 0 aliphatic heterocycles. The fourth-order valence-electron chi connectivity index (χ4n) is 3.00. The van der Waals surface area contributed by atoms with Gasteiger partial charge in [0.15, 0.2) is 16.1 Å². The molecule has 0 saturated heterocycles. The smallest absolute Gasteiger partial charge is 0.236 e. The molecule has 0 radical (unpaired) electrons. The number of halogens is 1. The Morgan fingerprint density at radius 1 is 1.15 bits per heavy atom. The van der Waals surface area contributed by atoms with Crippen LogP contribution < -0.4 is 10.1 Å². The van der Waals surface area contributed by atoms with Crippen molar-refractivity contribution in [2.45, 2.75) is 32.2 Å². The summed E-state index contributed by atoms with van der Waals surface area (Å²) in [5.41, 5.74) is 3.06. The predicted molar refractivity (Wildman–Crippen MR) is 133 cm³/mol. The first-order valence-electron chi connectivity index (χ1n) is 10.3. The van der Waals surface area contributed by atoms with Crippen LogP contribution in [0.15, 0.2) is 59.1 Å². The number of thioether (sulfide) groups is 1. The summed E-state index contributed by atoms with van der Waals surface area (Å²) < 4.78 is 7.71. The lowest BCUT2D eigenvalue weighted by Crippen LogP contribution is -2.14. The Balaban J connectivity index is 1.32. The molecule has 2 heterocycles. The first-order chi connectivity index (χ1) is 16.0. The molecule has 2 aromatic carbocycles. The van der Waals surface area contributed by atoms with E-state index in [-0.39, 0.29) is 18.3 Å². The monoisotopic (exact) mass is 499 g/mol. The Kier molecular flexibility index (Phi) is 7.64. The average Bonchev–Trinajstić information content (AvgIpc) is 3.44. The Bertz CT molecular complexity index is 1220. The molecule has 1 amide bonds. The van der Waals surface area contributed by atoms with Crippen LogP contribution in [0.2, 0.25) is 5.02 Å². The minimum absolute atomic E-state index is 0.144. The van der Waals surface area contributed by atoms with Gasteiger partial charge in [0.25, 0.3) is 0 Å². The maximum absolute atomic E-state index is 12.5. The second-order valence-electron chi connectivity index (χ2n) is 7.13. The molecule has 0 fully saturated rings. The van der Waals surface area contributed by atoms with Crippen LogP contribution >= 0.6 is 34.7 Å². The minimum atomic E-state index is -0.144. The van der Waals surface area contributed by atoms with Gasteiger partial charge in [0.05, 0.1) is 11.4 Å². The highest BCUT2D eigenvalue weighted by atomic mass is 35.5. The summed E-state index contributed by atoms with van der Waals surface area (Å²) in [6, 6.07) is 15.3. The molecule has 2 aromatic heterocycles. The van der Waals surface area contributed by atoms with Crippen molar-refractivity contribution in [1.29, 1.82) is 0 Å². The van der Waals surface area contributed by atoms with Crippen LogP contribution in [0.5, 0.6) is 5.75 Å². The van der Waals surface area contributed by atoms with Gasteiger partial charge in [0, 0.05) is 22.5 Å². The number of thiazole rings is 1. The van der Waals surface area contributed by atoms with Crippen molar-refractivity contribution < 1.29 is 9.53 Å². The van der Waals surface area contributed by atoms with Crippen molar-refractivity contribution in [3.8, 4) is 17.0 Å². The lowest BCUT2D eigenvalue weighted by molar-refractivity contribution is -0.113. The van der Waals surface area contributed by atoms with Crippen molar-refractivity contribution >= 4 is 45.7 Å². The number of carbonyl (C=O) groups is 1. The Morgan fingerprint density at radius 2 is 1.91 bits per heavy atom. The lowest BCUT2D eigenvalue weighted by Gasteiger charge is -2.09. The minimum Gasteiger partial charge on any atom is -0.486 e. The van der Waals surface area contributed by atoms with Crippen LogP contribution in [0.4, 0.5) is 5.13 Å². The zero-order valence-corrected chi connectivity index (χ0v) is 20.5. The molecule has 0 spiro atoms. The normalized spacial score (nSPS) is 10.9. The molecule has 0 atom stereocenters. The Labute approximate surface area is 205 Å². The molecule has 4 aromatic rings. The molecule has 1 N–H and O–H groups in total. The van der Waals surface area contributed by atoms with E-state index in [0.29, 0.717) is 33.4 Å². The van der Waals surface area contributed by atoms with E-state index in [1.54, 1.807) is 24.3 Å². The fraction of sp³-hybridized carbons (Fsp3) is 0.217. The molecule has 10 heteroatoms. The van der Waals surface area contributed by atoms with E-state index < -0.39 is 0 Å². The molecule has 33 heavy (non-hydrogen) atoms. The summed E-state index contributed by atoms with van der Waals surface area (Å²) in [6.07, 6.45) is 0. The molecule has 0 saturated carbocycles. The Morgan fingerprint density at radius 3 is 2.64 bits per heavy atom. The highest BCUT2D eigenvalue weighted by Crippen LogP contribution is 2.26. The summed E-state index contributed by atoms with van der Waals surface area (Å²) >= 11 is 8.64. The number of anilines is 1. The third-order valence-electron chi connectivity index (χ3n) is 4.72. The highest BCUT2D eigenvalue weighted by Gasteiger charge is 2.15. The molecule has 0 aliphatic carbocycles. The summed E-state index contributed by atoms with van der Waals surface area (Å²) in [5, 5.41) is 15.1. The van der Waals surface area contributed by atoms with Gasteiger partial charge in [-0.25, -0.2) is 4.98 Å². The van der Waals surface area contributed by atoms with Gasteiger partial charge < -0.3 is 14.6 Å². The zero-order valence-electron chi connectivity index (χ0n) is 18.1. The third-order valence-corrected chi connectivity index (χ3v) is 6.70. The van der Waals surface area contributed by atoms with Gasteiger partial charge in [0.2, 0.25) is 5.91 Å². The van der Waals surface area contributed by atoms with E-state index in [2.05, 4.69) is 20.5 Å². The second-order valence-corrected chi connectivity index (χ2v) is 9.36. The number of aryl methyl sites for hydroxylation is 1. The standard InChI is InChI=1S/C23H22ClN5O2S2/c1-3-29-20(12-31-18-10-8-17(24)9-11-18)27-28-23(29)33-14-21(30)26-22-25-19(13-32-22)16-6-4-15(2)5-7-16/h4-11,13H,3,12,14H2,1-2H3,(H,25,26,30). The van der Waals surface area contributed by atoms with Gasteiger partial charge in [-0.3, -0.25) is 4.79 Å². The molecule has 4 rings (SSSR count). The molecular weight excluding hydrogens is 478 g/mol. The number of nitrogens with one attached hydrogen (secondary N) is 1. The van der Waals surface area contributed by atoms with E-state index >= 15 is 0 Å². The number of ether oxygens (including phenoxy) is 1. The third kappa shape index (κ3) is 6.13. The summed E-state index contributed by atoms with van der Waals surface area (Å²) in [4.78, 5) is 17.0. The topological polar surface area (TPSA) is 81.9 Å². The number of nitrogens with zero attached hydrogens (tertiary/aromatic N) is 4. The van der Waals surface area contributed by atoms with Gasteiger partial charge in [-0.05, 0) is 38.1 Å². The number of aromatic nitrogens is 4. The number of carbonyl (C=O) groups excluding carboxylic acids is 1. The van der Waals surface area contributed by atoms with Crippen LogP contribution in [-0.2, 0) is 17.9 Å². The second kappa shape index (κ2) is 10.8. The van der Waals surface area contributed by atoms with Crippen molar-refractivity contribution in [2.24, 2.45) is 0 Å². The Hall–Kier alpha value is -2.88. The van der Waals surface area contributed by atoms with Gasteiger partial charge in [-0.15, -0.1) is 21.5 Å². The highest BCUT2D eigenvalue weighted by molar-refractivity contribution is 7.99. The van der Waals surface area contributed by atoms with Crippen LogP contribution in [0.25, 0.3) is 11.3 Å². The van der Waals surface area contributed by atoms with E-state index in [9.17, 15) is 4.79 Å². The first kappa shape index (κ1) is 23.3. The maximum atomic E-state index is 12.5. The van der Waals surface area contributed by atoms with E-state index in [4.69, 9.17) is 16.3 Å². The SMILES string of the molecule is CCn1c(COc2ccc(Cl)cc2)nnc1SCC(=O)Nc1nc(-c2ccc(C)cc2)cs1. The van der Waals surface area contributed by atoms with Crippen LogP contribution in [0.3, 0.4) is 0 Å². The van der Waals surface area contributed by atoms with Crippen LogP contribution in [-0.4, -0.2) is 31.4 Å². The predicted octanol–water partition coefficient (Wildman–Crippen LogP) is 5.69. The van der Waals surface area contributed by atoms with Gasteiger partial charge in [-0.2, -0.15) is 0 Å². The van der Waals surface area contributed by atoms with Crippen molar-refractivity contribution in [3.05, 3.63) is 70.3 Å². The van der Waals surface area contributed by atoms with Gasteiger partial charge in [-0.1, -0.05) is 53.2 Å². The number of hydrogen-bond acceptors (Lipinski definition) is 7. The molecule has 7 nitrogen and oxygen atoms in total. The average molecular weight is 500 g/mol. The van der Waals surface area contributed by atoms with E-state index in [1.807, 2.05) is 48.1 Å². The molecule has 0 unspecified atom stereocenters. The molecule has 170 valence electrons. The number of amides is 1. The van der Waals surface area contributed by atoms with Gasteiger partial charge in [0.1, 0.15) is 12.4 Å².